The van der Waals surface area contributed by atoms with E-state index in [0.717, 1.165) is 10.2 Å². The summed E-state index contributed by atoms with van der Waals surface area (Å²) in [6.45, 7) is 1.70. The zero-order valence-electron chi connectivity index (χ0n) is 13.7. The molecule has 3 aromatic rings. The second-order valence-electron chi connectivity index (χ2n) is 5.44. The van der Waals surface area contributed by atoms with E-state index in [4.69, 9.17) is 0 Å². The average molecular weight is 369 g/mol. The third-order valence-corrected chi connectivity index (χ3v) is 4.46. The van der Waals surface area contributed by atoms with Gasteiger partial charge >= 0.3 is 0 Å². The highest BCUT2D eigenvalue weighted by molar-refractivity contribution is 7.22. The van der Waals surface area contributed by atoms with Crippen LogP contribution in [0.4, 0.5) is 10.8 Å². The predicted molar refractivity (Wildman–Crippen MR) is 102 cm³/mol. The molecule has 0 aliphatic rings. The molecule has 1 heterocycles. The number of amides is 1. The number of non-ortho nitro benzene ring substituents is 1. The summed E-state index contributed by atoms with van der Waals surface area (Å²) in [5, 5.41) is 18.3. The Hall–Kier alpha value is -3.33. The molecule has 132 valence electrons. The minimum Gasteiger partial charge on any atom is -0.350 e. The molecule has 0 aliphatic carbocycles. The third-order valence-electron chi connectivity index (χ3n) is 3.50. The van der Waals surface area contributed by atoms with Crippen LogP contribution in [0.2, 0.25) is 0 Å². The Morgan fingerprint density at radius 1 is 1.31 bits per heavy atom. The molecule has 0 spiro atoms. The van der Waals surface area contributed by atoms with E-state index in [1.807, 2.05) is 24.3 Å². The standard InChI is InChI=1S/C17H15N5O3S/c1-11(19-17-20-14-7-2-3-8-15(14)26-17)16(23)21-18-10-12-5-4-6-13(9-12)22(24)25/h2-11H,1H3,(H,19,20)(H,21,23)/b18-10-/t11-/m1/s1. The Morgan fingerprint density at radius 3 is 2.88 bits per heavy atom. The van der Waals surface area contributed by atoms with Crippen LogP contribution in [0.3, 0.4) is 0 Å². The molecule has 1 amide bonds. The molecule has 3 rings (SSSR count). The molecule has 26 heavy (non-hydrogen) atoms. The summed E-state index contributed by atoms with van der Waals surface area (Å²) in [7, 11) is 0. The number of hydrazone groups is 1. The highest BCUT2D eigenvalue weighted by Crippen LogP contribution is 2.25. The largest absolute Gasteiger partial charge is 0.350 e. The number of hydrogen-bond donors (Lipinski definition) is 2. The van der Waals surface area contributed by atoms with Gasteiger partial charge in [-0.1, -0.05) is 35.6 Å². The van der Waals surface area contributed by atoms with Crippen molar-refractivity contribution in [1.29, 1.82) is 0 Å². The van der Waals surface area contributed by atoms with Crippen LogP contribution in [0.5, 0.6) is 0 Å². The Labute approximate surface area is 152 Å². The number of nitrogens with zero attached hydrogens (tertiary/aromatic N) is 3. The van der Waals surface area contributed by atoms with Crippen molar-refractivity contribution in [3.63, 3.8) is 0 Å². The van der Waals surface area contributed by atoms with Gasteiger partial charge in [0.1, 0.15) is 6.04 Å². The van der Waals surface area contributed by atoms with E-state index in [1.165, 1.54) is 29.7 Å². The molecule has 1 aromatic heterocycles. The van der Waals surface area contributed by atoms with Gasteiger partial charge in [-0.2, -0.15) is 5.10 Å². The monoisotopic (exact) mass is 369 g/mol. The number of para-hydroxylation sites is 1. The van der Waals surface area contributed by atoms with Crippen molar-refractivity contribution in [2.24, 2.45) is 5.10 Å². The molecule has 0 fully saturated rings. The summed E-state index contributed by atoms with van der Waals surface area (Å²) in [6.07, 6.45) is 1.36. The van der Waals surface area contributed by atoms with Crippen molar-refractivity contribution in [2.75, 3.05) is 5.32 Å². The number of carbonyl (C=O) groups is 1. The summed E-state index contributed by atoms with van der Waals surface area (Å²) in [6, 6.07) is 13.1. The van der Waals surface area contributed by atoms with Gasteiger partial charge in [-0.15, -0.1) is 0 Å². The number of rotatable bonds is 6. The molecule has 0 saturated heterocycles. The van der Waals surface area contributed by atoms with Gasteiger partial charge in [0.2, 0.25) is 0 Å². The van der Waals surface area contributed by atoms with Crippen LogP contribution in [-0.4, -0.2) is 28.1 Å². The van der Waals surface area contributed by atoms with E-state index in [-0.39, 0.29) is 11.6 Å². The molecule has 0 aliphatic heterocycles. The van der Waals surface area contributed by atoms with E-state index in [0.29, 0.717) is 10.7 Å². The predicted octanol–water partition coefficient (Wildman–Crippen LogP) is 3.16. The Bertz CT molecular complexity index is 952. The van der Waals surface area contributed by atoms with Gasteiger partial charge in [0, 0.05) is 17.7 Å². The SMILES string of the molecule is C[C@@H](Nc1nc2ccccc2s1)C(=O)N/N=C\c1cccc([N+](=O)[O-])c1. The molecule has 2 N–H and O–H groups in total. The van der Waals surface area contributed by atoms with E-state index < -0.39 is 11.0 Å². The number of benzene rings is 2. The molecule has 8 nitrogen and oxygen atoms in total. The summed E-state index contributed by atoms with van der Waals surface area (Å²) >= 11 is 1.46. The zero-order chi connectivity index (χ0) is 18.5. The first-order valence-electron chi connectivity index (χ1n) is 7.72. The van der Waals surface area contributed by atoms with Crippen molar-refractivity contribution in [2.45, 2.75) is 13.0 Å². The van der Waals surface area contributed by atoms with Crippen LogP contribution in [0.15, 0.2) is 53.6 Å². The Morgan fingerprint density at radius 2 is 2.12 bits per heavy atom. The van der Waals surface area contributed by atoms with Gasteiger partial charge in [0.05, 0.1) is 21.4 Å². The highest BCUT2D eigenvalue weighted by Gasteiger charge is 2.14. The minimum atomic E-state index is -0.544. The second-order valence-corrected chi connectivity index (χ2v) is 6.47. The lowest BCUT2D eigenvalue weighted by molar-refractivity contribution is -0.384. The summed E-state index contributed by atoms with van der Waals surface area (Å²) < 4.78 is 1.03. The molecule has 2 aromatic carbocycles. The lowest BCUT2D eigenvalue weighted by atomic mass is 10.2. The number of hydrogen-bond acceptors (Lipinski definition) is 7. The summed E-state index contributed by atoms with van der Waals surface area (Å²) in [5.74, 6) is -0.342. The first-order chi connectivity index (χ1) is 12.5. The number of fused-ring (bicyclic) bond motifs is 1. The molecule has 0 saturated carbocycles. The van der Waals surface area contributed by atoms with Gasteiger partial charge in [0.25, 0.3) is 11.6 Å². The quantitative estimate of drug-likeness (QED) is 0.394. The molecular formula is C17H15N5O3S. The fourth-order valence-electron chi connectivity index (χ4n) is 2.17. The maximum atomic E-state index is 12.1. The number of aromatic nitrogens is 1. The maximum Gasteiger partial charge on any atom is 0.270 e. The third kappa shape index (κ3) is 4.19. The lowest BCUT2D eigenvalue weighted by Crippen LogP contribution is -2.34. The smallest absolute Gasteiger partial charge is 0.270 e. The van der Waals surface area contributed by atoms with Crippen molar-refractivity contribution in [3.8, 4) is 0 Å². The number of nitrogens with one attached hydrogen (secondary N) is 2. The number of nitro groups is 1. The molecule has 9 heteroatoms. The van der Waals surface area contributed by atoms with Crippen LogP contribution in [0, 0.1) is 10.1 Å². The first kappa shape index (κ1) is 17.5. The molecule has 0 bridgehead atoms. The Kier molecular flexibility index (Phi) is 5.18. The number of carbonyl (C=O) groups excluding carboxylic acids is 1. The average Bonchev–Trinajstić information content (AvgIpc) is 3.04. The van der Waals surface area contributed by atoms with E-state index in [2.05, 4.69) is 20.8 Å². The lowest BCUT2D eigenvalue weighted by Gasteiger charge is -2.10. The number of thiazole rings is 1. The number of anilines is 1. The van der Waals surface area contributed by atoms with Gasteiger partial charge in [0.15, 0.2) is 5.13 Å². The van der Waals surface area contributed by atoms with Crippen molar-refractivity contribution in [1.82, 2.24) is 10.4 Å². The minimum absolute atomic E-state index is 0.0360. The van der Waals surface area contributed by atoms with Crippen molar-refractivity contribution < 1.29 is 9.72 Å². The second kappa shape index (κ2) is 7.70. The van der Waals surface area contributed by atoms with Crippen LogP contribution in [0.1, 0.15) is 12.5 Å². The highest BCUT2D eigenvalue weighted by atomic mass is 32.1. The first-order valence-corrected chi connectivity index (χ1v) is 8.54. The van der Waals surface area contributed by atoms with Crippen LogP contribution in [-0.2, 0) is 4.79 Å². The van der Waals surface area contributed by atoms with Crippen molar-refractivity contribution in [3.05, 3.63) is 64.2 Å². The number of nitro benzene ring substituents is 1. The maximum absolute atomic E-state index is 12.1. The summed E-state index contributed by atoms with van der Waals surface area (Å²) in [4.78, 5) is 26.8. The van der Waals surface area contributed by atoms with E-state index in [1.54, 1.807) is 19.1 Å². The normalized spacial score (nSPS) is 12.2. The van der Waals surface area contributed by atoms with Crippen LogP contribution in [0.25, 0.3) is 10.2 Å². The van der Waals surface area contributed by atoms with Crippen LogP contribution < -0.4 is 10.7 Å². The zero-order valence-corrected chi connectivity index (χ0v) is 14.6. The fraction of sp³-hybridized carbons (Fsp3) is 0.118. The van der Waals surface area contributed by atoms with Gasteiger partial charge in [-0.3, -0.25) is 14.9 Å². The van der Waals surface area contributed by atoms with Gasteiger partial charge in [-0.25, -0.2) is 10.4 Å². The van der Waals surface area contributed by atoms with Gasteiger partial charge < -0.3 is 5.32 Å². The summed E-state index contributed by atoms with van der Waals surface area (Å²) in [5.41, 5.74) is 3.76. The van der Waals surface area contributed by atoms with Crippen molar-refractivity contribution >= 4 is 44.5 Å². The molecular weight excluding hydrogens is 354 g/mol. The topological polar surface area (TPSA) is 110 Å². The molecule has 0 unspecified atom stereocenters. The van der Waals surface area contributed by atoms with Gasteiger partial charge in [-0.05, 0) is 19.1 Å². The Balaban J connectivity index is 1.58. The molecule has 0 radical (unpaired) electrons. The van der Waals surface area contributed by atoms with Crippen LogP contribution >= 0.6 is 11.3 Å². The van der Waals surface area contributed by atoms with E-state index in [9.17, 15) is 14.9 Å². The fourth-order valence-corrected chi connectivity index (χ4v) is 3.12. The molecule has 1 atom stereocenters. The van der Waals surface area contributed by atoms with E-state index >= 15 is 0 Å².